The number of hydrogen-bond donors (Lipinski definition) is 2. The van der Waals surface area contributed by atoms with Crippen LogP contribution in [0.1, 0.15) is 27.4 Å². The average Bonchev–Trinajstić information content (AvgIpc) is 2.78. The number of aliphatic carboxylic acids is 1. The maximum atomic E-state index is 12.2. The molecule has 1 amide bonds. The molecule has 0 radical (unpaired) electrons. The van der Waals surface area contributed by atoms with Gasteiger partial charge in [0, 0.05) is 11.4 Å². The van der Waals surface area contributed by atoms with Crippen LogP contribution in [0.4, 0.5) is 5.69 Å². The molecule has 0 saturated heterocycles. The summed E-state index contributed by atoms with van der Waals surface area (Å²) in [7, 11) is 0. The summed E-state index contributed by atoms with van der Waals surface area (Å²) in [5.74, 6) is 0.874. The Balaban J connectivity index is 2.02. The lowest BCUT2D eigenvalue weighted by molar-refractivity contribution is -0.133. The molecule has 0 spiro atoms. The predicted octanol–water partition coefficient (Wildman–Crippen LogP) is 3.47. The summed E-state index contributed by atoms with van der Waals surface area (Å²) in [5.41, 5.74) is 2.16. The number of carbonyl (C=O) groups is 2. The van der Waals surface area contributed by atoms with Gasteiger partial charge in [-0.3, -0.25) is 9.59 Å². The largest absolute Gasteiger partial charge is 0.481 e. The molecule has 22 heavy (non-hydrogen) atoms. The van der Waals surface area contributed by atoms with Crippen LogP contribution in [0.3, 0.4) is 0 Å². The van der Waals surface area contributed by atoms with Crippen LogP contribution in [-0.2, 0) is 10.5 Å². The summed E-state index contributed by atoms with van der Waals surface area (Å²) in [4.78, 5) is 22.7. The van der Waals surface area contributed by atoms with Gasteiger partial charge < -0.3 is 14.8 Å². The summed E-state index contributed by atoms with van der Waals surface area (Å²) in [6.07, 6.45) is 0. The third kappa shape index (κ3) is 4.39. The van der Waals surface area contributed by atoms with Crippen molar-refractivity contribution in [2.24, 2.45) is 0 Å². The van der Waals surface area contributed by atoms with E-state index in [0.717, 1.165) is 5.56 Å². The van der Waals surface area contributed by atoms with Crippen molar-refractivity contribution in [2.75, 3.05) is 11.1 Å². The summed E-state index contributed by atoms with van der Waals surface area (Å²) < 4.78 is 5.35. The Labute approximate surface area is 132 Å². The van der Waals surface area contributed by atoms with E-state index in [0.29, 0.717) is 28.5 Å². The van der Waals surface area contributed by atoms with Crippen LogP contribution in [0, 0.1) is 13.8 Å². The molecular weight excluding hydrogens is 302 g/mol. The number of amides is 1. The minimum atomic E-state index is -0.833. The maximum Gasteiger partial charge on any atom is 0.313 e. The number of carbonyl (C=O) groups excluding carboxylic acids is 1. The fourth-order valence-corrected chi connectivity index (χ4v) is 2.74. The SMILES string of the molecule is Cc1cc(C(=O)Nc2cccc(CSCC(=O)O)c2)c(C)o1. The number of carboxylic acids is 1. The summed E-state index contributed by atoms with van der Waals surface area (Å²) in [6.45, 7) is 3.55. The van der Waals surface area contributed by atoms with Crippen LogP contribution in [-0.4, -0.2) is 22.7 Å². The van der Waals surface area contributed by atoms with Gasteiger partial charge in [0.1, 0.15) is 11.5 Å². The minimum absolute atomic E-state index is 0.0596. The van der Waals surface area contributed by atoms with E-state index >= 15 is 0 Å². The Bertz CT molecular complexity index is 693. The smallest absolute Gasteiger partial charge is 0.313 e. The van der Waals surface area contributed by atoms with Crippen molar-refractivity contribution in [3.63, 3.8) is 0 Å². The molecule has 0 atom stereocenters. The number of carboxylic acid groups (broad SMARTS) is 1. The molecule has 1 heterocycles. The van der Waals surface area contributed by atoms with Gasteiger partial charge in [-0.2, -0.15) is 0 Å². The Morgan fingerprint density at radius 1 is 1.27 bits per heavy atom. The Kier molecular flexibility index (Phi) is 5.27. The van der Waals surface area contributed by atoms with Gasteiger partial charge in [-0.15, -0.1) is 11.8 Å². The Morgan fingerprint density at radius 3 is 2.68 bits per heavy atom. The first-order chi connectivity index (χ1) is 10.5. The number of nitrogens with one attached hydrogen (secondary N) is 1. The lowest BCUT2D eigenvalue weighted by Gasteiger charge is -2.06. The normalized spacial score (nSPS) is 10.5. The predicted molar refractivity (Wildman–Crippen MR) is 86.4 cm³/mol. The second kappa shape index (κ2) is 7.17. The third-order valence-electron chi connectivity index (χ3n) is 2.96. The number of benzene rings is 1. The zero-order valence-electron chi connectivity index (χ0n) is 12.4. The van der Waals surface area contributed by atoms with Gasteiger partial charge in [0.25, 0.3) is 5.91 Å². The van der Waals surface area contributed by atoms with Gasteiger partial charge in [-0.25, -0.2) is 0 Å². The van der Waals surface area contributed by atoms with Gasteiger partial charge in [0.2, 0.25) is 0 Å². The zero-order valence-corrected chi connectivity index (χ0v) is 13.2. The monoisotopic (exact) mass is 319 g/mol. The van der Waals surface area contributed by atoms with Crippen LogP contribution in [0.2, 0.25) is 0 Å². The maximum absolute atomic E-state index is 12.2. The molecule has 116 valence electrons. The van der Waals surface area contributed by atoms with Crippen LogP contribution < -0.4 is 5.32 Å². The van der Waals surface area contributed by atoms with E-state index in [1.54, 1.807) is 26.0 Å². The van der Waals surface area contributed by atoms with Crippen molar-refractivity contribution in [3.05, 3.63) is 53.0 Å². The van der Waals surface area contributed by atoms with Crippen LogP contribution >= 0.6 is 11.8 Å². The van der Waals surface area contributed by atoms with E-state index in [9.17, 15) is 9.59 Å². The Hall–Kier alpha value is -2.21. The lowest BCUT2D eigenvalue weighted by atomic mass is 10.2. The van der Waals surface area contributed by atoms with Gasteiger partial charge >= 0.3 is 5.97 Å². The summed E-state index contributed by atoms with van der Waals surface area (Å²) in [6, 6.07) is 9.08. The zero-order chi connectivity index (χ0) is 16.1. The van der Waals surface area contributed by atoms with Crippen LogP contribution in [0.25, 0.3) is 0 Å². The lowest BCUT2D eigenvalue weighted by Crippen LogP contribution is -2.12. The van der Waals surface area contributed by atoms with Crippen LogP contribution in [0.15, 0.2) is 34.7 Å². The molecule has 2 aromatic rings. The van der Waals surface area contributed by atoms with Crippen LogP contribution in [0.5, 0.6) is 0 Å². The quantitative estimate of drug-likeness (QED) is 0.852. The highest BCUT2D eigenvalue weighted by atomic mass is 32.2. The number of aryl methyl sites for hydroxylation is 2. The molecular formula is C16H17NO4S. The van der Waals surface area contributed by atoms with E-state index in [2.05, 4.69) is 5.32 Å². The first-order valence-electron chi connectivity index (χ1n) is 6.72. The molecule has 0 fully saturated rings. The molecule has 5 nitrogen and oxygen atoms in total. The van der Waals surface area contributed by atoms with Gasteiger partial charge in [0.05, 0.1) is 11.3 Å². The molecule has 0 unspecified atom stereocenters. The molecule has 0 aliphatic heterocycles. The standard InChI is InChI=1S/C16H17NO4S/c1-10-6-14(11(2)21-10)16(20)17-13-5-3-4-12(7-13)8-22-9-15(18)19/h3-7H,8-9H2,1-2H3,(H,17,20)(H,18,19). The molecule has 2 N–H and O–H groups in total. The van der Waals surface area contributed by atoms with Gasteiger partial charge in [-0.05, 0) is 37.6 Å². The molecule has 1 aromatic carbocycles. The first-order valence-corrected chi connectivity index (χ1v) is 7.88. The van der Waals surface area contributed by atoms with Crippen molar-refractivity contribution in [1.82, 2.24) is 0 Å². The molecule has 0 bridgehead atoms. The van der Waals surface area contributed by atoms with E-state index in [4.69, 9.17) is 9.52 Å². The summed E-state index contributed by atoms with van der Waals surface area (Å²) >= 11 is 1.32. The van der Waals surface area contributed by atoms with Gasteiger partial charge in [0.15, 0.2) is 0 Å². The molecule has 0 aliphatic carbocycles. The summed E-state index contributed by atoms with van der Waals surface area (Å²) in [5, 5.41) is 11.5. The molecule has 0 saturated carbocycles. The highest BCUT2D eigenvalue weighted by molar-refractivity contribution is 7.99. The van der Waals surface area contributed by atoms with Crippen molar-refractivity contribution >= 4 is 29.3 Å². The molecule has 0 aliphatic rings. The number of furan rings is 1. The fourth-order valence-electron chi connectivity index (χ4n) is 2.05. The van der Waals surface area contributed by atoms with Crippen molar-refractivity contribution < 1.29 is 19.1 Å². The second-order valence-corrected chi connectivity index (χ2v) is 5.85. The average molecular weight is 319 g/mol. The molecule has 1 aromatic heterocycles. The van der Waals surface area contributed by atoms with E-state index in [1.807, 2.05) is 18.2 Å². The van der Waals surface area contributed by atoms with Crippen molar-refractivity contribution in [3.8, 4) is 0 Å². The molecule has 6 heteroatoms. The number of hydrogen-bond acceptors (Lipinski definition) is 4. The van der Waals surface area contributed by atoms with E-state index in [-0.39, 0.29) is 11.7 Å². The second-order valence-electron chi connectivity index (χ2n) is 4.87. The van der Waals surface area contributed by atoms with Crippen molar-refractivity contribution in [1.29, 1.82) is 0 Å². The van der Waals surface area contributed by atoms with Crippen molar-refractivity contribution in [2.45, 2.75) is 19.6 Å². The van der Waals surface area contributed by atoms with Gasteiger partial charge in [-0.1, -0.05) is 12.1 Å². The third-order valence-corrected chi connectivity index (χ3v) is 3.95. The van der Waals surface area contributed by atoms with E-state index in [1.165, 1.54) is 11.8 Å². The first kappa shape index (κ1) is 16.2. The minimum Gasteiger partial charge on any atom is -0.481 e. The highest BCUT2D eigenvalue weighted by Gasteiger charge is 2.13. The fraction of sp³-hybridized carbons (Fsp3) is 0.250. The topological polar surface area (TPSA) is 79.5 Å². The number of anilines is 1. The Morgan fingerprint density at radius 2 is 2.05 bits per heavy atom. The number of rotatable bonds is 6. The van der Waals surface area contributed by atoms with E-state index < -0.39 is 5.97 Å². The molecule has 2 rings (SSSR count). The highest BCUT2D eigenvalue weighted by Crippen LogP contribution is 2.19. The number of thioether (sulfide) groups is 1.